The van der Waals surface area contributed by atoms with Crippen LogP contribution in [0.5, 0.6) is 0 Å². The first-order chi connectivity index (χ1) is 9.04. The van der Waals surface area contributed by atoms with Crippen molar-refractivity contribution >= 4 is 23.4 Å². The van der Waals surface area contributed by atoms with E-state index in [1.807, 2.05) is 25.1 Å². The maximum absolute atomic E-state index is 11.6. The Labute approximate surface area is 115 Å². The van der Waals surface area contributed by atoms with Gasteiger partial charge >= 0.3 is 5.97 Å². The Hall–Kier alpha value is -2.01. The number of hydrogen-bond donors (Lipinski definition) is 1. The van der Waals surface area contributed by atoms with Crippen molar-refractivity contribution in [1.29, 1.82) is 0 Å². The minimum atomic E-state index is -0.389. The fourth-order valence-electron chi connectivity index (χ4n) is 1.57. The molecule has 2 aromatic rings. The Morgan fingerprint density at radius 3 is 2.89 bits per heavy atom. The normalized spacial score (nSPS) is 10.4. The maximum Gasteiger partial charge on any atom is 0.328 e. The predicted octanol–water partition coefficient (Wildman–Crippen LogP) is 2.17. The van der Waals surface area contributed by atoms with E-state index in [9.17, 15) is 4.79 Å². The lowest BCUT2D eigenvalue weighted by Crippen LogP contribution is -2.14. The van der Waals surface area contributed by atoms with Crippen molar-refractivity contribution in [3.8, 4) is 0 Å². The summed E-state index contributed by atoms with van der Waals surface area (Å²) in [7, 11) is 0. The second-order valence-corrected chi connectivity index (χ2v) is 4.60. The summed E-state index contributed by atoms with van der Waals surface area (Å²) >= 11 is 6.05. The number of hydrogen-bond acceptors (Lipinski definition) is 4. The molecule has 0 aliphatic carbocycles. The molecule has 2 rings (SSSR count). The molecular formula is C13H14ClN3O2. The van der Waals surface area contributed by atoms with E-state index < -0.39 is 0 Å². The smallest absolute Gasteiger partial charge is 0.328 e. The van der Waals surface area contributed by atoms with E-state index in [-0.39, 0.29) is 19.1 Å². The van der Waals surface area contributed by atoms with Crippen LogP contribution in [0.1, 0.15) is 11.1 Å². The number of nitrogens with zero attached hydrogens (tertiary/aromatic N) is 2. The number of carbonyl (C=O) groups is 1. The highest BCUT2D eigenvalue weighted by molar-refractivity contribution is 6.31. The Morgan fingerprint density at radius 1 is 1.47 bits per heavy atom. The zero-order valence-corrected chi connectivity index (χ0v) is 11.2. The molecule has 0 saturated carbocycles. The predicted molar refractivity (Wildman–Crippen MR) is 72.6 cm³/mol. The summed E-state index contributed by atoms with van der Waals surface area (Å²) in [6.07, 6.45) is 1.62. The largest absolute Gasteiger partial charge is 0.459 e. The van der Waals surface area contributed by atoms with Gasteiger partial charge in [-0.15, -0.1) is 0 Å². The van der Waals surface area contributed by atoms with Gasteiger partial charge in [-0.05, 0) is 24.6 Å². The number of esters is 1. The molecule has 0 amide bonds. The molecule has 0 aliphatic rings. The monoisotopic (exact) mass is 279 g/mol. The molecule has 0 fully saturated rings. The van der Waals surface area contributed by atoms with Crippen LogP contribution in [0.15, 0.2) is 30.5 Å². The summed E-state index contributed by atoms with van der Waals surface area (Å²) in [5.41, 5.74) is 7.29. The van der Waals surface area contributed by atoms with E-state index in [1.165, 1.54) is 4.68 Å². The van der Waals surface area contributed by atoms with E-state index in [0.29, 0.717) is 10.8 Å². The Balaban J connectivity index is 1.89. The van der Waals surface area contributed by atoms with Crippen molar-refractivity contribution in [1.82, 2.24) is 9.78 Å². The summed E-state index contributed by atoms with van der Waals surface area (Å²) in [6.45, 7) is 2.12. The standard InChI is InChI=1S/C13H14ClN3O2/c1-9-2-3-10(11(14)6-9)8-19-13(18)7-17-5-4-12(15)16-17/h2-6H,7-8H2,1H3,(H2,15,16). The summed E-state index contributed by atoms with van der Waals surface area (Å²) < 4.78 is 6.56. The second-order valence-electron chi connectivity index (χ2n) is 4.19. The molecule has 0 spiro atoms. The van der Waals surface area contributed by atoms with E-state index in [4.69, 9.17) is 22.1 Å². The SMILES string of the molecule is Cc1ccc(COC(=O)Cn2ccc(N)n2)c(Cl)c1. The van der Waals surface area contributed by atoms with Gasteiger partial charge in [-0.2, -0.15) is 5.10 Å². The third kappa shape index (κ3) is 3.72. The van der Waals surface area contributed by atoms with Crippen molar-refractivity contribution in [2.75, 3.05) is 5.73 Å². The molecule has 0 radical (unpaired) electrons. The average molecular weight is 280 g/mol. The zero-order chi connectivity index (χ0) is 13.8. The number of carbonyl (C=O) groups excluding carboxylic acids is 1. The number of nitrogens with two attached hydrogens (primary N) is 1. The van der Waals surface area contributed by atoms with Crippen LogP contribution < -0.4 is 5.73 Å². The van der Waals surface area contributed by atoms with Crippen molar-refractivity contribution in [3.05, 3.63) is 46.6 Å². The van der Waals surface area contributed by atoms with Gasteiger partial charge in [-0.3, -0.25) is 9.48 Å². The second kappa shape index (κ2) is 5.75. The van der Waals surface area contributed by atoms with Crippen molar-refractivity contribution < 1.29 is 9.53 Å². The first-order valence-corrected chi connectivity index (χ1v) is 6.12. The van der Waals surface area contributed by atoms with Crippen LogP contribution in [0.3, 0.4) is 0 Å². The van der Waals surface area contributed by atoms with Gasteiger partial charge in [0.05, 0.1) is 0 Å². The number of benzene rings is 1. The van der Waals surface area contributed by atoms with Crippen LogP contribution in [-0.2, 0) is 22.7 Å². The van der Waals surface area contributed by atoms with E-state index in [0.717, 1.165) is 11.1 Å². The Kier molecular flexibility index (Phi) is 4.06. The number of aromatic nitrogens is 2. The molecule has 0 saturated heterocycles. The van der Waals surface area contributed by atoms with Gasteiger partial charge in [0.25, 0.3) is 0 Å². The first-order valence-electron chi connectivity index (χ1n) is 5.74. The van der Waals surface area contributed by atoms with Crippen LogP contribution in [0, 0.1) is 6.92 Å². The van der Waals surface area contributed by atoms with Crippen LogP contribution in [0.4, 0.5) is 5.82 Å². The quantitative estimate of drug-likeness (QED) is 0.871. The highest BCUT2D eigenvalue weighted by atomic mass is 35.5. The van der Waals surface area contributed by atoms with Crippen LogP contribution >= 0.6 is 11.6 Å². The molecule has 5 nitrogen and oxygen atoms in total. The highest BCUT2D eigenvalue weighted by Crippen LogP contribution is 2.18. The van der Waals surface area contributed by atoms with Gasteiger partial charge in [-0.25, -0.2) is 0 Å². The third-order valence-corrected chi connectivity index (χ3v) is 2.90. The third-order valence-electron chi connectivity index (χ3n) is 2.55. The summed E-state index contributed by atoms with van der Waals surface area (Å²) in [6, 6.07) is 7.21. The molecule has 6 heteroatoms. The summed E-state index contributed by atoms with van der Waals surface area (Å²) in [5.74, 6) is -0.0193. The lowest BCUT2D eigenvalue weighted by atomic mass is 10.2. The van der Waals surface area contributed by atoms with Crippen LogP contribution in [0.25, 0.3) is 0 Å². The van der Waals surface area contributed by atoms with Gasteiger partial charge in [0.2, 0.25) is 0 Å². The van der Waals surface area contributed by atoms with E-state index in [1.54, 1.807) is 12.3 Å². The number of rotatable bonds is 4. The molecule has 19 heavy (non-hydrogen) atoms. The number of anilines is 1. The molecule has 0 atom stereocenters. The summed E-state index contributed by atoms with van der Waals surface area (Å²) in [5, 5.41) is 4.50. The molecule has 2 N–H and O–H groups in total. The Bertz CT molecular complexity index is 595. The lowest BCUT2D eigenvalue weighted by Gasteiger charge is -2.07. The molecule has 0 aliphatic heterocycles. The number of halogens is 1. The van der Waals surface area contributed by atoms with Gasteiger partial charge < -0.3 is 10.5 Å². The molecule has 1 aromatic heterocycles. The topological polar surface area (TPSA) is 70.1 Å². The molecule has 0 unspecified atom stereocenters. The van der Waals surface area contributed by atoms with E-state index >= 15 is 0 Å². The molecule has 1 heterocycles. The molecular weight excluding hydrogens is 266 g/mol. The van der Waals surface area contributed by atoms with E-state index in [2.05, 4.69) is 5.10 Å². The number of ether oxygens (including phenoxy) is 1. The van der Waals surface area contributed by atoms with Gasteiger partial charge in [0.15, 0.2) is 0 Å². The summed E-state index contributed by atoms with van der Waals surface area (Å²) in [4.78, 5) is 11.6. The van der Waals surface area contributed by atoms with Gasteiger partial charge in [-0.1, -0.05) is 23.7 Å². The van der Waals surface area contributed by atoms with Crippen molar-refractivity contribution in [2.45, 2.75) is 20.1 Å². The number of nitrogen functional groups attached to an aromatic ring is 1. The first kappa shape index (κ1) is 13.4. The van der Waals surface area contributed by atoms with Crippen LogP contribution in [0.2, 0.25) is 5.02 Å². The minimum Gasteiger partial charge on any atom is -0.459 e. The minimum absolute atomic E-state index is 0.0285. The lowest BCUT2D eigenvalue weighted by molar-refractivity contribution is -0.145. The van der Waals surface area contributed by atoms with Crippen molar-refractivity contribution in [3.63, 3.8) is 0 Å². The number of aryl methyl sites for hydroxylation is 1. The molecule has 1 aromatic carbocycles. The average Bonchev–Trinajstić information content (AvgIpc) is 2.73. The Morgan fingerprint density at radius 2 is 2.26 bits per heavy atom. The molecule has 0 bridgehead atoms. The van der Waals surface area contributed by atoms with Gasteiger partial charge in [0.1, 0.15) is 19.0 Å². The zero-order valence-electron chi connectivity index (χ0n) is 10.5. The fraction of sp³-hybridized carbons (Fsp3) is 0.231. The highest BCUT2D eigenvalue weighted by Gasteiger charge is 2.07. The molecule has 100 valence electrons. The van der Waals surface area contributed by atoms with Gasteiger partial charge in [0, 0.05) is 16.8 Å². The fourth-order valence-corrected chi connectivity index (χ4v) is 1.86. The van der Waals surface area contributed by atoms with Crippen molar-refractivity contribution in [2.24, 2.45) is 0 Å². The maximum atomic E-state index is 11.6. The van der Waals surface area contributed by atoms with Crippen LogP contribution in [-0.4, -0.2) is 15.7 Å².